The molecule has 0 spiro atoms. The molecule has 0 radical (unpaired) electrons. The van der Waals surface area contributed by atoms with Crippen LogP contribution in [0.15, 0.2) is 17.3 Å². The third-order valence-corrected chi connectivity index (χ3v) is 4.66. The third kappa shape index (κ3) is 2.89. The maximum atomic E-state index is 10.8. The molecule has 0 fully saturated rings. The number of nitrogens with zero attached hydrogens (tertiary/aromatic N) is 2. The summed E-state index contributed by atoms with van der Waals surface area (Å²) in [6.45, 7) is 3.63. The molecule has 1 unspecified atom stereocenters. The highest BCUT2D eigenvalue weighted by Crippen LogP contribution is 2.43. The van der Waals surface area contributed by atoms with Crippen LogP contribution < -0.4 is 14.2 Å². The minimum absolute atomic E-state index is 0.409. The van der Waals surface area contributed by atoms with E-state index in [9.17, 15) is 4.91 Å². The van der Waals surface area contributed by atoms with Crippen molar-refractivity contribution in [1.29, 1.82) is 0 Å². The second-order valence-corrected chi connectivity index (χ2v) is 5.69. The average molecular weight is 322 g/mol. The highest BCUT2D eigenvalue weighted by Gasteiger charge is 2.19. The summed E-state index contributed by atoms with van der Waals surface area (Å²) in [5.74, 6) is 1.66. The summed E-state index contributed by atoms with van der Waals surface area (Å²) in [4.78, 5) is 16.1. The molecule has 2 aromatic rings. The fourth-order valence-electron chi connectivity index (χ4n) is 2.17. The number of ether oxygens (including phenoxy) is 3. The maximum absolute atomic E-state index is 10.8. The molecular formula is C15H18N2O4S. The van der Waals surface area contributed by atoms with Crippen LogP contribution in [-0.4, -0.2) is 26.3 Å². The van der Waals surface area contributed by atoms with Crippen molar-refractivity contribution in [2.45, 2.75) is 19.9 Å². The zero-order chi connectivity index (χ0) is 16.3. The lowest BCUT2D eigenvalue weighted by Gasteiger charge is -2.13. The first-order valence-corrected chi connectivity index (χ1v) is 7.47. The number of nitroso groups, excluding NO2 is 1. The number of thiazole rings is 1. The van der Waals surface area contributed by atoms with Gasteiger partial charge in [0.2, 0.25) is 5.75 Å². The molecule has 1 atom stereocenters. The van der Waals surface area contributed by atoms with Crippen molar-refractivity contribution in [3.8, 4) is 27.8 Å². The van der Waals surface area contributed by atoms with Gasteiger partial charge in [-0.2, -0.15) is 4.91 Å². The zero-order valence-corrected chi connectivity index (χ0v) is 14.0. The molecule has 0 bridgehead atoms. The van der Waals surface area contributed by atoms with E-state index >= 15 is 0 Å². The monoisotopic (exact) mass is 322 g/mol. The Morgan fingerprint density at radius 2 is 1.73 bits per heavy atom. The van der Waals surface area contributed by atoms with E-state index < -0.39 is 6.04 Å². The predicted octanol–water partition coefficient (Wildman–Crippen LogP) is 3.97. The van der Waals surface area contributed by atoms with Crippen molar-refractivity contribution in [3.05, 3.63) is 27.6 Å². The summed E-state index contributed by atoms with van der Waals surface area (Å²) in [5.41, 5.74) is 1.65. The van der Waals surface area contributed by atoms with E-state index in [2.05, 4.69) is 10.2 Å². The number of benzene rings is 1. The van der Waals surface area contributed by atoms with Crippen molar-refractivity contribution in [3.63, 3.8) is 0 Å². The molecule has 7 heteroatoms. The minimum atomic E-state index is -0.409. The van der Waals surface area contributed by atoms with Crippen molar-refractivity contribution in [2.24, 2.45) is 5.18 Å². The largest absolute Gasteiger partial charge is 0.493 e. The molecule has 1 aromatic heterocycles. The Morgan fingerprint density at radius 3 is 2.18 bits per heavy atom. The fourth-order valence-corrected chi connectivity index (χ4v) is 3.21. The molecule has 0 aliphatic carbocycles. The molecule has 0 saturated heterocycles. The lowest BCUT2D eigenvalue weighted by atomic mass is 10.2. The van der Waals surface area contributed by atoms with E-state index in [0.29, 0.717) is 17.2 Å². The third-order valence-electron chi connectivity index (χ3n) is 3.28. The van der Waals surface area contributed by atoms with Gasteiger partial charge in [0.05, 0.1) is 31.9 Å². The SMILES string of the molecule is COc1cc(-c2nc(C)c(C(C)N=O)s2)cc(OC)c1OC. The lowest BCUT2D eigenvalue weighted by molar-refractivity contribution is 0.324. The molecule has 1 aromatic carbocycles. The van der Waals surface area contributed by atoms with Crippen LogP contribution in [0.1, 0.15) is 23.5 Å². The Morgan fingerprint density at radius 1 is 1.14 bits per heavy atom. The van der Waals surface area contributed by atoms with E-state index in [1.54, 1.807) is 28.3 Å². The van der Waals surface area contributed by atoms with Crippen molar-refractivity contribution in [2.75, 3.05) is 21.3 Å². The summed E-state index contributed by atoms with van der Waals surface area (Å²) in [5, 5.41) is 3.85. The topological polar surface area (TPSA) is 70.0 Å². The second-order valence-electron chi connectivity index (χ2n) is 4.66. The molecule has 0 aliphatic heterocycles. The van der Waals surface area contributed by atoms with E-state index in [-0.39, 0.29) is 0 Å². The van der Waals surface area contributed by atoms with Crippen LogP contribution in [0.5, 0.6) is 17.2 Å². The lowest BCUT2D eigenvalue weighted by Crippen LogP contribution is -1.95. The Kier molecular flexibility index (Phi) is 4.97. The van der Waals surface area contributed by atoms with Gasteiger partial charge in [-0.05, 0) is 26.0 Å². The first-order valence-electron chi connectivity index (χ1n) is 6.65. The Balaban J connectivity index is 2.55. The van der Waals surface area contributed by atoms with E-state index in [1.807, 2.05) is 19.1 Å². The predicted molar refractivity (Wildman–Crippen MR) is 86.2 cm³/mol. The van der Waals surface area contributed by atoms with Gasteiger partial charge in [-0.15, -0.1) is 11.3 Å². The average Bonchev–Trinajstić information content (AvgIpc) is 2.94. The van der Waals surface area contributed by atoms with Gasteiger partial charge in [0, 0.05) is 5.56 Å². The number of aromatic nitrogens is 1. The van der Waals surface area contributed by atoms with Crippen LogP contribution in [0.4, 0.5) is 0 Å². The first-order chi connectivity index (χ1) is 10.5. The molecule has 22 heavy (non-hydrogen) atoms. The Bertz CT molecular complexity index is 659. The van der Waals surface area contributed by atoms with Gasteiger partial charge >= 0.3 is 0 Å². The molecular weight excluding hydrogens is 304 g/mol. The number of aryl methyl sites for hydroxylation is 1. The molecule has 0 amide bonds. The Labute approximate surface area is 133 Å². The standard InChI is InChI=1S/C15H18N2O4S/c1-8-14(9(2)17-18)22-15(16-8)10-6-11(19-3)13(21-5)12(7-10)20-4/h6-7,9H,1-5H3. The van der Waals surface area contributed by atoms with Gasteiger partial charge in [-0.25, -0.2) is 4.98 Å². The van der Waals surface area contributed by atoms with Crippen LogP contribution in [0.25, 0.3) is 10.6 Å². The Hall–Kier alpha value is -2.15. The summed E-state index contributed by atoms with van der Waals surface area (Å²) in [6.07, 6.45) is 0. The van der Waals surface area contributed by atoms with Crippen molar-refractivity contribution in [1.82, 2.24) is 4.98 Å². The van der Waals surface area contributed by atoms with E-state index in [0.717, 1.165) is 21.1 Å². The minimum Gasteiger partial charge on any atom is -0.493 e. The molecule has 0 saturated carbocycles. The van der Waals surface area contributed by atoms with Gasteiger partial charge in [0.15, 0.2) is 11.5 Å². The maximum Gasteiger partial charge on any atom is 0.203 e. The van der Waals surface area contributed by atoms with Gasteiger partial charge in [-0.1, -0.05) is 5.18 Å². The summed E-state index contributed by atoms with van der Waals surface area (Å²) >= 11 is 1.44. The number of hydrogen-bond donors (Lipinski definition) is 0. The quantitative estimate of drug-likeness (QED) is 0.753. The second kappa shape index (κ2) is 6.74. The van der Waals surface area contributed by atoms with Crippen molar-refractivity contribution >= 4 is 11.3 Å². The summed E-state index contributed by atoms with van der Waals surface area (Å²) < 4.78 is 16.0. The van der Waals surface area contributed by atoms with Gasteiger partial charge < -0.3 is 14.2 Å². The molecule has 118 valence electrons. The molecule has 2 rings (SSSR count). The number of methoxy groups -OCH3 is 3. The van der Waals surface area contributed by atoms with Gasteiger partial charge in [0.1, 0.15) is 11.0 Å². The normalized spacial score (nSPS) is 11.9. The summed E-state index contributed by atoms with van der Waals surface area (Å²) in [6, 6.07) is 3.26. The van der Waals surface area contributed by atoms with Gasteiger partial charge in [0.25, 0.3) is 0 Å². The van der Waals surface area contributed by atoms with E-state index in [1.165, 1.54) is 11.3 Å². The summed E-state index contributed by atoms with van der Waals surface area (Å²) in [7, 11) is 4.69. The first kappa shape index (κ1) is 16.2. The highest BCUT2D eigenvalue weighted by molar-refractivity contribution is 7.15. The molecule has 0 N–H and O–H groups in total. The molecule has 6 nitrogen and oxygen atoms in total. The van der Waals surface area contributed by atoms with Crippen LogP contribution in [0.3, 0.4) is 0 Å². The van der Waals surface area contributed by atoms with Crippen LogP contribution >= 0.6 is 11.3 Å². The number of rotatable bonds is 6. The van der Waals surface area contributed by atoms with Crippen LogP contribution in [0, 0.1) is 11.8 Å². The van der Waals surface area contributed by atoms with Crippen molar-refractivity contribution < 1.29 is 14.2 Å². The van der Waals surface area contributed by atoms with E-state index in [4.69, 9.17) is 14.2 Å². The molecule has 0 aliphatic rings. The smallest absolute Gasteiger partial charge is 0.203 e. The van der Waals surface area contributed by atoms with Crippen LogP contribution in [0.2, 0.25) is 0 Å². The number of hydrogen-bond acceptors (Lipinski definition) is 7. The van der Waals surface area contributed by atoms with Gasteiger partial charge in [-0.3, -0.25) is 0 Å². The molecule has 1 heterocycles. The highest BCUT2D eigenvalue weighted by atomic mass is 32.1. The zero-order valence-electron chi connectivity index (χ0n) is 13.2. The van der Waals surface area contributed by atoms with Crippen LogP contribution in [-0.2, 0) is 0 Å². The fraction of sp³-hybridized carbons (Fsp3) is 0.400.